The Morgan fingerprint density at radius 3 is 3.00 bits per heavy atom. The fraction of sp³-hybridized carbons (Fsp3) is 0.923. The third-order valence-corrected chi connectivity index (χ3v) is 3.27. The largest absolute Gasteiger partial charge is 0.303 e. The molecule has 1 fully saturated rings. The molecular weight excluding hydrogens is 198 g/mol. The lowest BCUT2D eigenvalue weighted by Gasteiger charge is -2.31. The SMILES string of the molecule is CCCNC(C#N)CCN1CCCC(C)C1. The Morgan fingerprint density at radius 2 is 2.38 bits per heavy atom. The Morgan fingerprint density at radius 1 is 1.56 bits per heavy atom. The van der Waals surface area contributed by atoms with Crippen molar-refractivity contribution in [1.82, 2.24) is 10.2 Å². The molecule has 1 aliphatic heterocycles. The number of nitrogens with zero attached hydrogens (tertiary/aromatic N) is 2. The van der Waals surface area contributed by atoms with Crippen molar-refractivity contribution in [2.75, 3.05) is 26.2 Å². The number of likely N-dealkylation sites (tertiary alicyclic amines) is 1. The van der Waals surface area contributed by atoms with Gasteiger partial charge in [-0.05, 0) is 44.7 Å². The van der Waals surface area contributed by atoms with Gasteiger partial charge in [-0.3, -0.25) is 0 Å². The number of hydrogen-bond acceptors (Lipinski definition) is 3. The summed E-state index contributed by atoms with van der Waals surface area (Å²) in [6.07, 6.45) is 4.75. The summed E-state index contributed by atoms with van der Waals surface area (Å²) in [5, 5.41) is 12.3. The summed E-state index contributed by atoms with van der Waals surface area (Å²) in [6, 6.07) is 2.39. The van der Waals surface area contributed by atoms with Crippen LogP contribution in [0.25, 0.3) is 0 Å². The molecule has 1 N–H and O–H groups in total. The van der Waals surface area contributed by atoms with E-state index in [0.29, 0.717) is 0 Å². The molecule has 1 rings (SSSR count). The minimum atomic E-state index is 0.0391. The monoisotopic (exact) mass is 223 g/mol. The van der Waals surface area contributed by atoms with Crippen LogP contribution in [0.2, 0.25) is 0 Å². The Labute approximate surface area is 99.8 Å². The minimum Gasteiger partial charge on any atom is -0.303 e. The van der Waals surface area contributed by atoms with E-state index in [1.54, 1.807) is 0 Å². The summed E-state index contributed by atoms with van der Waals surface area (Å²) in [5.41, 5.74) is 0. The normalized spacial score (nSPS) is 23.9. The highest BCUT2D eigenvalue weighted by molar-refractivity contribution is 4.90. The predicted octanol–water partition coefficient (Wildman–Crippen LogP) is 2.00. The van der Waals surface area contributed by atoms with Crippen LogP contribution in [-0.2, 0) is 0 Å². The molecule has 3 heteroatoms. The van der Waals surface area contributed by atoms with Gasteiger partial charge in [-0.25, -0.2) is 0 Å². The molecule has 0 aliphatic carbocycles. The Bertz CT molecular complexity index is 222. The Kier molecular flexibility index (Phi) is 6.44. The van der Waals surface area contributed by atoms with Gasteiger partial charge in [0, 0.05) is 13.1 Å². The van der Waals surface area contributed by atoms with E-state index in [2.05, 4.69) is 30.1 Å². The minimum absolute atomic E-state index is 0.0391. The van der Waals surface area contributed by atoms with Gasteiger partial charge < -0.3 is 10.2 Å². The number of nitrogens with one attached hydrogen (secondary N) is 1. The zero-order chi connectivity index (χ0) is 11.8. The second-order valence-electron chi connectivity index (χ2n) is 4.97. The second kappa shape index (κ2) is 7.65. The van der Waals surface area contributed by atoms with Crippen molar-refractivity contribution in [3.8, 4) is 6.07 Å². The maximum atomic E-state index is 9.00. The molecule has 1 saturated heterocycles. The highest BCUT2D eigenvalue weighted by Gasteiger charge is 2.17. The first-order valence-electron chi connectivity index (χ1n) is 6.61. The van der Waals surface area contributed by atoms with Crippen LogP contribution in [0.4, 0.5) is 0 Å². The van der Waals surface area contributed by atoms with Gasteiger partial charge >= 0.3 is 0 Å². The van der Waals surface area contributed by atoms with E-state index >= 15 is 0 Å². The van der Waals surface area contributed by atoms with Gasteiger partial charge in [-0.2, -0.15) is 5.26 Å². The average molecular weight is 223 g/mol. The molecule has 0 radical (unpaired) electrons. The zero-order valence-corrected chi connectivity index (χ0v) is 10.7. The van der Waals surface area contributed by atoms with Crippen molar-refractivity contribution >= 4 is 0 Å². The molecule has 0 aromatic rings. The summed E-state index contributed by atoms with van der Waals surface area (Å²) in [5.74, 6) is 0.831. The maximum absolute atomic E-state index is 9.00. The fourth-order valence-corrected chi connectivity index (χ4v) is 2.33. The average Bonchev–Trinajstić information content (AvgIpc) is 2.29. The molecule has 16 heavy (non-hydrogen) atoms. The highest BCUT2D eigenvalue weighted by Crippen LogP contribution is 2.15. The van der Waals surface area contributed by atoms with E-state index in [1.165, 1.54) is 25.9 Å². The molecule has 0 aromatic carbocycles. The first kappa shape index (κ1) is 13.5. The zero-order valence-electron chi connectivity index (χ0n) is 10.7. The summed E-state index contributed by atoms with van der Waals surface area (Å²) in [7, 11) is 0. The molecule has 2 atom stereocenters. The quantitative estimate of drug-likeness (QED) is 0.748. The van der Waals surface area contributed by atoms with E-state index in [9.17, 15) is 0 Å². The first-order valence-corrected chi connectivity index (χ1v) is 6.61. The molecule has 0 bridgehead atoms. The fourth-order valence-electron chi connectivity index (χ4n) is 2.33. The molecular formula is C13H25N3. The number of rotatable bonds is 6. The predicted molar refractivity (Wildman–Crippen MR) is 67.1 cm³/mol. The van der Waals surface area contributed by atoms with Crippen molar-refractivity contribution in [2.45, 2.75) is 45.6 Å². The first-order chi connectivity index (χ1) is 7.76. The second-order valence-corrected chi connectivity index (χ2v) is 4.97. The van der Waals surface area contributed by atoms with Gasteiger partial charge in [0.15, 0.2) is 0 Å². The van der Waals surface area contributed by atoms with E-state index in [1.807, 2.05) is 0 Å². The molecule has 1 aliphatic rings. The van der Waals surface area contributed by atoms with Crippen molar-refractivity contribution in [3.05, 3.63) is 0 Å². The number of nitriles is 1. The Balaban J connectivity index is 2.18. The van der Waals surface area contributed by atoms with Crippen molar-refractivity contribution in [1.29, 1.82) is 5.26 Å². The van der Waals surface area contributed by atoms with Gasteiger partial charge in [0.05, 0.1) is 12.1 Å². The molecule has 0 saturated carbocycles. The van der Waals surface area contributed by atoms with Crippen LogP contribution in [-0.4, -0.2) is 37.1 Å². The van der Waals surface area contributed by atoms with E-state index < -0.39 is 0 Å². The van der Waals surface area contributed by atoms with Crippen LogP contribution < -0.4 is 5.32 Å². The van der Waals surface area contributed by atoms with Gasteiger partial charge in [-0.1, -0.05) is 13.8 Å². The number of piperidine rings is 1. The van der Waals surface area contributed by atoms with Crippen LogP contribution in [0.15, 0.2) is 0 Å². The maximum Gasteiger partial charge on any atom is 0.0965 e. The summed E-state index contributed by atoms with van der Waals surface area (Å²) in [4.78, 5) is 2.51. The van der Waals surface area contributed by atoms with Crippen LogP contribution in [0.5, 0.6) is 0 Å². The van der Waals surface area contributed by atoms with E-state index in [0.717, 1.165) is 31.8 Å². The lowest BCUT2D eigenvalue weighted by Crippen LogP contribution is -2.38. The Hall–Kier alpha value is -0.590. The lowest BCUT2D eigenvalue weighted by atomic mass is 10.00. The third-order valence-electron chi connectivity index (χ3n) is 3.27. The van der Waals surface area contributed by atoms with Gasteiger partial charge in [-0.15, -0.1) is 0 Å². The van der Waals surface area contributed by atoms with Gasteiger partial charge in [0.1, 0.15) is 0 Å². The van der Waals surface area contributed by atoms with Crippen molar-refractivity contribution in [2.24, 2.45) is 5.92 Å². The van der Waals surface area contributed by atoms with Crippen LogP contribution in [0.1, 0.15) is 39.5 Å². The summed E-state index contributed by atoms with van der Waals surface area (Å²) >= 11 is 0. The molecule has 0 spiro atoms. The van der Waals surface area contributed by atoms with E-state index in [-0.39, 0.29) is 6.04 Å². The topological polar surface area (TPSA) is 39.1 Å². The van der Waals surface area contributed by atoms with Gasteiger partial charge in [0.2, 0.25) is 0 Å². The number of hydrogen-bond donors (Lipinski definition) is 1. The standard InChI is InChI=1S/C13H25N3/c1-3-7-15-13(10-14)6-9-16-8-4-5-12(2)11-16/h12-13,15H,3-9,11H2,1-2H3. The molecule has 92 valence electrons. The molecule has 0 amide bonds. The van der Waals surface area contributed by atoms with E-state index in [4.69, 9.17) is 5.26 Å². The molecule has 3 nitrogen and oxygen atoms in total. The summed E-state index contributed by atoms with van der Waals surface area (Å²) < 4.78 is 0. The summed E-state index contributed by atoms with van der Waals surface area (Å²) in [6.45, 7) is 8.91. The van der Waals surface area contributed by atoms with Crippen LogP contribution in [0, 0.1) is 17.2 Å². The third kappa shape index (κ3) is 4.96. The highest BCUT2D eigenvalue weighted by atomic mass is 15.1. The molecule has 1 heterocycles. The lowest BCUT2D eigenvalue weighted by molar-refractivity contribution is 0.179. The van der Waals surface area contributed by atoms with Crippen molar-refractivity contribution in [3.63, 3.8) is 0 Å². The van der Waals surface area contributed by atoms with Crippen LogP contribution >= 0.6 is 0 Å². The van der Waals surface area contributed by atoms with Gasteiger partial charge in [0.25, 0.3) is 0 Å². The van der Waals surface area contributed by atoms with Crippen molar-refractivity contribution < 1.29 is 0 Å². The van der Waals surface area contributed by atoms with Crippen LogP contribution in [0.3, 0.4) is 0 Å². The molecule has 0 aromatic heterocycles. The smallest absolute Gasteiger partial charge is 0.0965 e. The molecule has 2 unspecified atom stereocenters.